The molecule has 0 spiro atoms. The first-order valence-corrected chi connectivity index (χ1v) is 4.86. The molecule has 1 aromatic heterocycles. The molecule has 2 rings (SSSR count). The highest BCUT2D eigenvalue weighted by atomic mass is 16.1. The number of hydrogen-bond donors (Lipinski definition) is 2. The number of nitrogens with zero attached hydrogens (tertiary/aromatic N) is 1. The summed E-state index contributed by atoms with van der Waals surface area (Å²) in [6.45, 7) is 1.58. The second kappa shape index (κ2) is 3.86. The topological polar surface area (TPSA) is 88.8 Å². The second-order valence-electron chi connectivity index (χ2n) is 3.47. The molecule has 0 radical (unpaired) electrons. The average molecular weight is 217 g/mol. The third kappa shape index (κ3) is 1.61. The number of aromatic nitrogens is 2. The predicted octanol–water partition coefficient (Wildman–Crippen LogP) is 0.584. The molecule has 0 aliphatic heterocycles. The summed E-state index contributed by atoms with van der Waals surface area (Å²) < 4.78 is 0. The Hall–Kier alpha value is -2.01. The monoisotopic (exact) mass is 217 g/mol. The molecule has 0 aliphatic carbocycles. The van der Waals surface area contributed by atoms with E-state index >= 15 is 0 Å². The van der Waals surface area contributed by atoms with E-state index in [9.17, 15) is 9.59 Å². The largest absolute Gasteiger partial charge is 0.324 e. The van der Waals surface area contributed by atoms with Gasteiger partial charge in [-0.25, -0.2) is 4.98 Å². The minimum absolute atomic E-state index is 0.154. The van der Waals surface area contributed by atoms with Crippen LogP contribution < -0.4 is 11.3 Å². The fraction of sp³-hybridized carbons (Fsp3) is 0.182. The van der Waals surface area contributed by atoms with Crippen molar-refractivity contribution in [2.45, 2.75) is 13.5 Å². The Kier molecular flexibility index (Phi) is 2.54. The van der Waals surface area contributed by atoms with Crippen molar-refractivity contribution in [3.63, 3.8) is 0 Å². The molecule has 0 bridgehead atoms. The maximum atomic E-state index is 11.8. The lowest BCUT2D eigenvalue weighted by Crippen LogP contribution is -2.16. The first-order chi connectivity index (χ1) is 7.63. The van der Waals surface area contributed by atoms with Crippen molar-refractivity contribution in [3.8, 4) is 0 Å². The fourth-order valence-corrected chi connectivity index (χ4v) is 1.63. The van der Waals surface area contributed by atoms with Gasteiger partial charge in [-0.05, 0) is 13.0 Å². The Morgan fingerprint density at radius 3 is 2.88 bits per heavy atom. The molecule has 0 saturated heterocycles. The van der Waals surface area contributed by atoms with E-state index < -0.39 is 0 Å². The van der Waals surface area contributed by atoms with E-state index in [0.717, 1.165) is 0 Å². The van der Waals surface area contributed by atoms with Gasteiger partial charge in [0.2, 0.25) is 0 Å². The van der Waals surface area contributed by atoms with Crippen LogP contribution in [0, 0.1) is 0 Å². The number of Topliss-reactive ketones (excluding diaryl/α,β-unsaturated/α-hetero) is 1. The van der Waals surface area contributed by atoms with E-state index in [1.165, 1.54) is 6.92 Å². The number of aromatic amines is 1. The molecule has 1 aromatic carbocycles. The molecule has 0 atom stereocenters. The van der Waals surface area contributed by atoms with Gasteiger partial charge in [0.25, 0.3) is 5.56 Å². The van der Waals surface area contributed by atoms with Crippen LogP contribution in [0.3, 0.4) is 0 Å². The minimum atomic E-state index is -0.323. The van der Waals surface area contributed by atoms with E-state index in [0.29, 0.717) is 22.3 Å². The number of benzene rings is 1. The Morgan fingerprint density at radius 2 is 2.25 bits per heavy atom. The van der Waals surface area contributed by atoms with Gasteiger partial charge in [-0.3, -0.25) is 9.59 Å². The van der Waals surface area contributed by atoms with Crippen molar-refractivity contribution in [2.24, 2.45) is 5.73 Å². The summed E-state index contributed by atoms with van der Waals surface area (Å²) >= 11 is 0. The van der Waals surface area contributed by atoms with Gasteiger partial charge in [0.1, 0.15) is 5.82 Å². The van der Waals surface area contributed by atoms with E-state index in [4.69, 9.17) is 5.73 Å². The summed E-state index contributed by atoms with van der Waals surface area (Å²) in [5.41, 5.74) is 5.97. The van der Waals surface area contributed by atoms with Crippen molar-refractivity contribution in [3.05, 3.63) is 39.9 Å². The highest BCUT2D eigenvalue weighted by molar-refractivity contribution is 6.05. The van der Waals surface area contributed by atoms with Gasteiger partial charge >= 0.3 is 0 Å². The highest BCUT2D eigenvalue weighted by Gasteiger charge is 2.10. The third-order valence-corrected chi connectivity index (χ3v) is 2.36. The van der Waals surface area contributed by atoms with Gasteiger partial charge in [0, 0.05) is 5.56 Å². The molecule has 5 nitrogen and oxygen atoms in total. The Labute approximate surface area is 91.3 Å². The SMILES string of the molecule is CC(=O)c1cccc2nc(CN)[nH]c(=O)c12. The van der Waals surface area contributed by atoms with Gasteiger partial charge in [0.15, 0.2) is 5.78 Å². The summed E-state index contributed by atoms with van der Waals surface area (Å²) in [5, 5.41) is 0.326. The molecule has 82 valence electrons. The van der Waals surface area contributed by atoms with E-state index in [-0.39, 0.29) is 17.9 Å². The summed E-state index contributed by atoms with van der Waals surface area (Å²) in [6, 6.07) is 5.01. The zero-order valence-electron chi connectivity index (χ0n) is 8.78. The summed E-state index contributed by atoms with van der Waals surface area (Å²) in [7, 11) is 0. The number of nitrogens with one attached hydrogen (secondary N) is 1. The molecular formula is C11H11N3O2. The van der Waals surface area contributed by atoms with Crippen LogP contribution in [0.4, 0.5) is 0 Å². The number of nitrogens with two attached hydrogens (primary N) is 1. The Morgan fingerprint density at radius 1 is 1.50 bits per heavy atom. The number of H-pyrrole nitrogens is 1. The highest BCUT2D eigenvalue weighted by Crippen LogP contribution is 2.13. The molecular weight excluding hydrogens is 206 g/mol. The number of ketones is 1. The quantitative estimate of drug-likeness (QED) is 0.720. The second-order valence-corrected chi connectivity index (χ2v) is 3.47. The van der Waals surface area contributed by atoms with Crippen LogP contribution in [0.2, 0.25) is 0 Å². The molecule has 3 N–H and O–H groups in total. The van der Waals surface area contributed by atoms with Gasteiger partial charge in [0.05, 0.1) is 17.4 Å². The van der Waals surface area contributed by atoms with Crippen LogP contribution >= 0.6 is 0 Å². The van der Waals surface area contributed by atoms with Gasteiger partial charge in [-0.2, -0.15) is 0 Å². The van der Waals surface area contributed by atoms with Crippen molar-refractivity contribution >= 4 is 16.7 Å². The lowest BCUT2D eigenvalue weighted by molar-refractivity contribution is 0.101. The predicted molar refractivity (Wildman–Crippen MR) is 60.3 cm³/mol. The van der Waals surface area contributed by atoms with Crippen molar-refractivity contribution < 1.29 is 4.79 Å². The number of carbonyl (C=O) groups is 1. The normalized spacial score (nSPS) is 10.6. The minimum Gasteiger partial charge on any atom is -0.324 e. The van der Waals surface area contributed by atoms with Crippen molar-refractivity contribution in [2.75, 3.05) is 0 Å². The Balaban J connectivity index is 2.89. The standard InChI is InChI=1S/C11H11N3O2/c1-6(15)7-3-2-4-8-10(7)11(16)14-9(5-12)13-8/h2-4H,5,12H2,1H3,(H,13,14,16). The maximum absolute atomic E-state index is 11.8. The van der Waals surface area contributed by atoms with Crippen LogP contribution in [0.1, 0.15) is 23.1 Å². The van der Waals surface area contributed by atoms with Gasteiger partial charge in [-0.15, -0.1) is 0 Å². The first-order valence-electron chi connectivity index (χ1n) is 4.86. The molecule has 2 aromatic rings. The van der Waals surface area contributed by atoms with Crippen LogP contribution in [-0.4, -0.2) is 15.8 Å². The first kappa shape index (κ1) is 10.5. The number of hydrogen-bond acceptors (Lipinski definition) is 4. The van der Waals surface area contributed by atoms with Gasteiger partial charge in [-0.1, -0.05) is 12.1 Å². The zero-order chi connectivity index (χ0) is 11.7. The summed E-state index contributed by atoms with van der Waals surface area (Å²) in [4.78, 5) is 29.9. The number of carbonyl (C=O) groups excluding carboxylic acids is 1. The Bertz CT molecular complexity index is 616. The van der Waals surface area contributed by atoms with E-state index in [2.05, 4.69) is 9.97 Å². The molecule has 5 heteroatoms. The maximum Gasteiger partial charge on any atom is 0.259 e. The molecule has 1 heterocycles. The average Bonchev–Trinajstić information content (AvgIpc) is 2.27. The molecule has 0 fully saturated rings. The number of rotatable bonds is 2. The summed E-state index contributed by atoms with van der Waals surface area (Å²) in [5.74, 6) is 0.261. The van der Waals surface area contributed by atoms with Crippen LogP contribution in [0.15, 0.2) is 23.0 Å². The molecule has 0 saturated carbocycles. The zero-order valence-corrected chi connectivity index (χ0v) is 8.78. The van der Waals surface area contributed by atoms with Crippen LogP contribution in [0.25, 0.3) is 10.9 Å². The lowest BCUT2D eigenvalue weighted by Gasteiger charge is -2.03. The molecule has 0 unspecified atom stereocenters. The summed E-state index contributed by atoms with van der Waals surface area (Å²) in [6.07, 6.45) is 0. The smallest absolute Gasteiger partial charge is 0.259 e. The van der Waals surface area contributed by atoms with E-state index in [1.54, 1.807) is 18.2 Å². The number of fused-ring (bicyclic) bond motifs is 1. The van der Waals surface area contributed by atoms with Crippen molar-refractivity contribution in [1.29, 1.82) is 0 Å². The van der Waals surface area contributed by atoms with Crippen LogP contribution in [-0.2, 0) is 6.54 Å². The lowest BCUT2D eigenvalue weighted by atomic mass is 10.1. The molecule has 0 aliphatic rings. The van der Waals surface area contributed by atoms with Crippen LogP contribution in [0.5, 0.6) is 0 Å². The van der Waals surface area contributed by atoms with E-state index in [1.807, 2.05) is 0 Å². The van der Waals surface area contributed by atoms with Gasteiger partial charge < -0.3 is 10.7 Å². The van der Waals surface area contributed by atoms with Crippen molar-refractivity contribution in [1.82, 2.24) is 9.97 Å². The molecule has 0 amide bonds. The fourth-order valence-electron chi connectivity index (χ4n) is 1.63. The molecule has 16 heavy (non-hydrogen) atoms. The third-order valence-electron chi connectivity index (χ3n) is 2.36.